The van der Waals surface area contributed by atoms with E-state index in [1.165, 1.54) is 18.2 Å². The van der Waals surface area contributed by atoms with Gasteiger partial charge in [-0.3, -0.25) is 4.79 Å². The van der Waals surface area contributed by atoms with Gasteiger partial charge in [-0.05, 0) is 31.0 Å². The molecule has 0 unspecified atom stereocenters. The quantitative estimate of drug-likeness (QED) is 0.585. The number of aliphatic hydroxyl groups excluding tert-OH is 1. The van der Waals surface area contributed by atoms with Gasteiger partial charge in [0.05, 0.1) is 36.2 Å². The number of benzene rings is 2. The molecule has 9 heteroatoms. The zero-order valence-electron chi connectivity index (χ0n) is 16.3. The summed E-state index contributed by atoms with van der Waals surface area (Å²) in [5, 5.41) is 12.3. The highest BCUT2D eigenvalue weighted by molar-refractivity contribution is 7.89. The number of carbonyl (C=O) groups excluding carboxylic acids is 1. The largest absolute Gasteiger partial charge is 0.394 e. The lowest BCUT2D eigenvalue weighted by atomic mass is 9.98. The standard InChI is InChI=1S/C21H25FN2O5S/c22-18-9-5-4-6-15(18)13-23-21(26)12-16-10-11-19(20(14-25)29-16)24-30(27,28)17-7-2-1-3-8-17/h1-9,16,19-20,24-25H,10-14H2,(H,23,26)/t16-,19+,20+/m1/s1. The number of aliphatic hydroxyl groups is 1. The molecular formula is C21H25FN2O5S. The van der Waals surface area contributed by atoms with Crippen molar-refractivity contribution in [2.24, 2.45) is 0 Å². The third-order valence-electron chi connectivity index (χ3n) is 5.00. The Bertz CT molecular complexity index is 955. The molecule has 1 heterocycles. The van der Waals surface area contributed by atoms with Gasteiger partial charge in [-0.2, -0.15) is 0 Å². The predicted octanol–water partition coefficient (Wildman–Crippen LogP) is 1.72. The second-order valence-electron chi connectivity index (χ2n) is 7.17. The molecule has 2 aromatic rings. The Morgan fingerprint density at radius 2 is 1.80 bits per heavy atom. The molecule has 0 radical (unpaired) electrons. The molecule has 0 saturated carbocycles. The minimum Gasteiger partial charge on any atom is -0.394 e. The number of nitrogens with one attached hydrogen (secondary N) is 2. The summed E-state index contributed by atoms with van der Waals surface area (Å²) in [4.78, 5) is 12.3. The minimum atomic E-state index is -3.74. The topological polar surface area (TPSA) is 105 Å². The second kappa shape index (κ2) is 10.1. The molecule has 7 nitrogen and oxygen atoms in total. The zero-order chi connectivity index (χ0) is 21.6. The van der Waals surface area contributed by atoms with E-state index in [2.05, 4.69) is 10.0 Å². The van der Waals surface area contributed by atoms with Crippen LogP contribution in [-0.4, -0.2) is 44.3 Å². The predicted molar refractivity (Wildman–Crippen MR) is 108 cm³/mol. The average molecular weight is 437 g/mol. The van der Waals surface area contributed by atoms with Crippen molar-refractivity contribution in [3.8, 4) is 0 Å². The number of carbonyl (C=O) groups is 1. The summed E-state index contributed by atoms with van der Waals surface area (Å²) in [6.07, 6.45) is -0.307. The fraction of sp³-hybridized carbons (Fsp3) is 0.381. The van der Waals surface area contributed by atoms with Crippen LogP contribution in [-0.2, 0) is 26.1 Å². The number of ether oxygens (including phenoxy) is 1. The summed E-state index contributed by atoms with van der Waals surface area (Å²) in [6.45, 7) is -0.309. The van der Waals surface area contributed by atoms with E-state index in [1.807, 2.05) is 0 Å². The minimum absolute atomic E-state index is 0.0447. The second-order valence-corrected chi connectivity index (χ2v) is 8.88. The van der Waals surface area contributed by atoms with E-state index in [1.54, 1.807) is 36.4 Å². The highest BCUT2D eigenvalue weighted by Gasteiger charge is 2.34. The Morgan fingerprint density at radius 3 is 2.50 bits per heavy atom. The number of hydrogen-bond acceptors (Lipinski definition) is 5. The lowest BCUT2D eigenvalue weighted by Gasteiger charge is -2.35. The summed E-state index contributed by atoms with van der Waals surface area (Å²) in [7, 11) is -3.74. The molecule has 3 rings (SSSR count). The van der Waals surface area contributed by atoms with Gasteiger partial charge in [0.2, 0.25) is 15.9 Å². The Hall–Kier alpha value is -2.33. The maximum Gasteiger partial charge on any atom is 0.240 e. The maximum atomic E-state index is 13.6. The molecule has 0 aromatic heterocycles. The first-order chi connectivity index (χ1) is 14.4. The van der Waals surface area contributed by atoms with Crippen LogP contribution in [0.5, 0.6) is 0 Å². The van der Waals surface area contributed by atoms with Gasteiger partial charge in [0.15, 0.2) is 0 Å². The third-order valence-corrected chi connectivity index (χ3v) is 6.51. The van der Waals surface area contributed by atoms with Gasteiger partial charge >= 0.3 is 0 Å². The number of halogens is 1. The molecule has 1 fully saturated rings. The average Bonchev–Trinajstić information content (AvgIpc) is 2.74. The van der Waals surface area contributed by atoms with Crippen LogP contribution in [0, 0.1) is 5.82 Å². The van der Waals surface area contributed by atoms with Crippen LogP contribution in [0.25, 0.3) is 0 Å². The maximum absolute atomic E-state index is 13.6. The monoisotopic (exact) mass is 436 g/mol. The van der Waals surface area contributed by atoms with E-state index < -0.39 is 28.3 Å². The number of rotatable bonds is 8. The van der Waals surface area contributed by atoms with Gasteiger partial charge in [0.25, 0.3) is 0 Å². The van der Waals surface area contributed by atoms with Crippen molar-refractivity contribution in [2.45, 2.75) is 49.0 Å². The van der Waals surface area contributed by atoms with E-state index in [4.69, 9.17) is 4.74 Å². The summed E-state index contributed by atoms with van der Waals surface area (Å²) >= 11 is 0. The van der Waals surface area contributed by atoms with Crippen LogP contribution in [0.2, 0.25) is 0 Å². The van der Waals surface area contributed by atoms with Gasteiger partial charge in [0.1, 0.15) is 5.82 Å². The smallest absolute Gasteiger partial charge is 0.240 e. The van der Waals surface area contributed by atoms with Gasteiger partial charge < -0.3 is 15.2 Å². The van der Waals surface area contributed by atoms with Crippen LogP contribution in [0.1, 0.15) is 24.8 Å². The van der Waals surface area contributed by atoms with E-state index in [9.17, 15) is 22.7 Å². The fourth-order valence-corrected chi connectivity index (χ4v) is 4.72. The molecule has 1 aliphatic heterocycles. The van der Waals surface area contributed by atoms with Gasteiger partial charge in [-0.15, -0.1) is 0 Å². The van der Waals surface area contributed by atoms with Crippen molar-refractivity contribution in [1.82, 2.24) is 10.0 Å². The molecule has 1 saturated heterocycles. The highest BCUT2D eigenvalue weighted by atomic mass is 32.2. The molecule has 0 spiro atoms. The van der Waals surface area contributed by atoms with Crippen molar-refractivity contribution in [2.75, 3.05) is 6.61 Å². The first-order valence-corrected chi connectivity index (χ1v) is 11.2. The number of amides is 1. The van der Waals surface area contributed by atoms with Gasteiger partial charge in [-0.1, -0.05) is 36.4 Å². The third kappa shape index (κ3) is 5.85. The number of sulfonamides is 1. The Balaban J connectivity index is 1.52. The van der Waals surface area contributed by atoms with Crippen molar-refractivity contribution in [3.63, 3.8) is 0 Å². The van der Waals surface area contributed by atoms with Gasteiger partial charge in [0, 0.05) is 12.1 Å². The first-order valence-electron chi connectivity index (χ1n) is 9.73. The summed E-state index contributed by atoms with van der Waals surface area (Å²) in [5.74, 6) is -0.691. The van der Waals surface area contributed by atoms with Crippen LogP contribution in [0.3, 0.4) is 0 Å². The molecule has 1 amide bonds. The highest BCUT2D eigenvalue weighted by Crippen LogP contribution is 2.23. The van der Waals surface area contributed by atoms with Crippen molar-refractivity contribution in [3.05, 3.63) is 66.0 Å². The molecule has 0 bridgehead atoms. The molecule has 30 heavy (non-hydrogen) atoms. The van der Waals surface area contributed by atoms with E-state index in [-0.39, 0.29) is 36.2 Å². The molecule has 0 aliphatic carbocycles. The lowest BCUT2D eigenvalue weighted by Crippen LogP contribution is -2.51. The Morgan fingerprint density at radius 1 is 1.10 bits per heavy atom. The summed E-state index contributed by atoms with van der Waals surface area (Å²) in [5.41, 5.74) is 0.388. The molecule has 162 valence electrons. The zero-order valence-corrected chi connectivity index (χ0v) is 17.1. The molecule has 2 aromatic carbocycles. The SMILES string of the molecule is O=C(C[C@H]1CC[C@H](NS(=O)(=O)c2ccccc2)[C@H](CO)O1)NCc1ccccc1F. The number of hydrogen-bond donors (Lipinski definition) is 3. The summed E-state index contributed by atoms with van der Waals surface area (Å²) < 4.78 is 47.0. The first kappa shape index (κ1) is 22.4. The fourth-order valence-electron chi connectivity index (χ4n) is 3.40. The molecular weight excluding hydrogens is 411 g/mol. The van der Waals surface area contributed by atoms with E-state index in [0.717, 1.165) is 0 Å². The molecule has 3 N–H and O–H groups in total. The summed E-state index contributed by atoms with van der Waals surface area (Å²) in [6, 6.07) is 13.6. The van der Waals surface area contributed by atoms with Crippen molar-refractivity contribution >= 4 is 15.9 Å². The van der Waals surface area contributed by atoms with Crippen LogP contribution in [0.15, 0.2) is 59.5 Å². The van der Waals surface area contributed by atoms with Crippen LogP contribution in [0.4, 0.5) is 4.39 Å². The Labute approximate surface area is 175 Å². The van der Waals surface area contributed by atoms with E-state index in [0.29, 0.717) is 18.4 Å². The molecule has 1 aliphatic rings. The Kier molecular flexibility index (Phi) is 7.54. The normalized spacial score (nSPS) is 21.9. The molecule has 3 atom stereocenters. The van der Waals surface area contributed by atoms with Crippen molar-refractivity contribution < 1.29 is 27.4 Å². The van der Waals surface area contributed by atoms with E-state index >= 15 is 0 Å². The van der Waals surface area contributed by atoms with Crippen LogP contribution < -0.4 is 10.0 Å². The van der Waals surface area contributed by atoms with Gasteiger partial charge in [-0.25, -0.2) is 17.5 Å². The lowest BCUT2D eigenvalue weighted by molar-refractivity contribution is -0.130. The van der Waals surface area contributed by atoms with Crippen LogP contribution >= 0.6 is 0 Å². The van der Waals surface area contributed by atoms with Crippen molar-refractivity contribution in [1.29, 1.82) is 0 Å².